The van der Waals surface area contributed by atoms with E-state index >= 15 is 0 Å². The lowest BCUT2D eigenvalue weighted by molar-refractivity contribution is 0.371. The summed E-state index contributed by atoms with van der Waals surface area (Å²) < 4.78 is 6.29. The van der Waals surface area contributed by atoms with Crippen molar-refractivity contribution in [1.29, 1.82) is 0 Å². The number of aryl methyl sites for hydroxylation is 1. The number of hydrogen-bond donors (Lipinski definition) is 2. The first-order valence-corrected chi connectivity index (χ1v) is 7.52. The highest BCUT2D eigenvalue weighted by atomic mass is 127. The summed E-state index contributed by atoms with van der Waals surface area (Å²) in [6.45, 7) is 2.52. The molecule has 0 aliphatic rings. The van der Waals surface area contributed by atoms with E-state index in [1.54, 1.807) is 12.1 Å². The van der Waals surface area contributed by atoms with E-state index in [2.05, 4.69) is 34.0 Å². The first kappa shape index (κ1) is 15.3. The first-order chi connectivity index (χ1) is 9.51. The molecular weight excluding hydrogens is 389 g/mol. The summed E-state index contributed by atoms with van der Waals surface area (Å²) in [4.78, 5) is 0. The highest BCUT2D eigenvalue weighted by molar-refractivity contribution is 14.1. The van der Waals surface area contributed by atoms with Gasteiger partial charge < -0.3 is 15.2 Å². The summed E-state index contributed by atoms with van der Waals surface area (Å²) >= 11 is 8.29. The molecule has 0 amide bonds. The molecule has 106 valence electrons. The second kappa shape index (κ2) is 6.54. The third-order valence-electron chi connectivity index (χ3n) is 3.00. The number of hydrogen-bond acceptors (Lipinski definition) is 3. The van der Waals surface area contributed by atoms with Gasteiger partial charge in [-0.3, -0.25) is 0 Å². The Bertz CT molecular complexity index is 632. The lowest BCUT2D eigenvalue weighted by atomic mass is 10.1. The minimum Gasteiger partial charge on any atom is -0.504 e. The molecule has 0 fully saturated rings. The Kier molecular flexibility index (Phi) is 4.99. The first-order valence-electron chi connectivity index (χ1n) is 6.06. The summed E-state index contributed by atoms with van der Waals surface area (Å²) in [5.74, 6) is 0.501. The van der Waals surface area contributed by atoms with Gasteiger partial charge in [-0.25, -0.2) is 0 Å². The van der Waals surface area contributed by atoms with Crippen LogP contribution in [0.15, 0.2) is 30.3 Å². The molecule has 0 radical (unpaired) electrons. The predicted molar refractivity (Wildman–Crippen MR) is 90.9 cm³/mol. The zero-order valence-electron chi connectivity index (χ0n) is 11.2. The molecule has 20 heavy (non-hydrogen) atoms. The zero-order valence-corrected chi connectivity index (χ0v) is 14.1. The lowest BCUT2D eigenvalue weighted by Gasteiger charge is -2.13. The molecule has 2 aromatic carbocycles. The van der Waals surface area contributed by atoms with E-state index in [9.17, 15) is 5.11 Å². The van der Waals surface area contributed by atoms with Crippen LogP contribution in [-0.2, 0) is 6.54 Å². The van der Waals surface area contributed by atoms with Crippen molar-refractivity contribution in [3.8, 4) is 11.5 Å². The third kappa shape index (κ3) is 3.49. The Labute approximate surface area is 137 Å². The highest BCUT2D eigenvalue weighted by Gasteiger charge is 2.10. The Morgan fingerprint density at radius 2 is 2.05 bits per heavy atom. The van der Waals surface area contributed by atoms with Crippen LogP contribution in [0.4, 0.5) is 5.69 Å². The van der Waals surface area contributed by atoms with Crippen LogP contribution in [0.1, 0.15) is 11.1 Å². The summed E-state index contributed by atoms with van der Waals surface area (Å²) in [5, 5.41) is 13.9. The van der Waals surface area contributed by atoms with Crippen LogP contribution in [0, 0.1) is 10.5 Å². The lowest BCUT2D eigenvalue weighted by Crippen LogP contribution is -2.02. The van der Waals surface area contributed by atoms with Crippen molar-refractivity contribution >= 4 is 39.9 Å². The molecule has 5 heteroatoms. The van der Waals surface area contributed by atoms with Gasteiger partial charge in [-0.15, -0.1) is 0 Å². The number of ether oxygens (including phenoxy) is 1. The fourth-order valence-corrected chi connectivity index (χ4v) is 2.81. The molecule has 0 unspecified atom stereocenters. The monoisotopic (exact) mass is 403 g/mol. The maximum atomic E-state index is 10.1. The molecule has 3 nitrogen and oxygen atoms in total. The van der Waals surface area contributed by atoms with Gasteiger partial charge in [0.25, 0.3) is 0 Å². The minimum atomic E-state index is 0.118. The Hall–Kier alpha value is -1.14. The highest BCUT2D eigenvalue weighted by Crippen LogP contribution is 2.34. The van der Waals surface area contributed by atoms with Crippen molar-refractivity contribution < 1.29 is 9.84 Å². The van der Waals surface area contributed by atoms with Crippen molar-refractivity contribution in [2.24, 2.45) is 0 Å². The number of anilines is 1. The Balaban J connectivity index is 2.20. The molecule has 0 bridgehead atoms. The Morgan fingerprint density at radius 1 is 1.30 bits per heavy atom. The SMILES string of the molecule is COc1cc(Cl)cc(CNc2ccc(I)cc2C)c1O. The van der Waals surface area contributed by atoms with Crippen LogP contribution in [0.2, 0.25) is 5.02 Å². The summed E-state index contributed by atoms with van der Waals surface area (Å²) in [6, 6.07) is 9.48. The maximum Gasteiger partial charge on any atom is 0.162 e. The van der Waals surface area contributed by atoms with Gasteiger partial charge in [0, 0.05) is 32.5 Å². The predicted octanol–water partition coefficient (Wildman–Crippen LogP) is 4.58. The smallest absolute Gasteiger partial charge is 0.162 e. The number of nitrogens with one attached hydrogen (secondary N) is 1. The van der Waals surface area contributed by atoms with E-state index in [1.165, 1.54) is 10.7 Å². The molecule has 0 saturated heterocycles. The third-order valence-corrected chi connectivity index (χ3v) is 3.89. The van der Waals surface area contributed by atoms with Crippen molar-refractivity contribution in [1.82, 2.24) is 0 Å². The van der Waals surface area contributed by atoms with E-state index in [0.717, 1.165) is 11.3 Å². The van der Waals surface area contributed by atoms with Gasteiger partial charge in [0.1, 0.15) is 0 Å². The molecule has 2 aromatic rings. The second-order valence-corrected chi connectivity index (χ2v) is 6.11. The van der Waals surface area contributed by atoms with E-state index in [0.29, 0.717) is 22.9 Å². The minimum absolute atomic E-state index is 0.118. The molecule has 0 aliphatic heterocycles. The molecular formula is C15H15ClINO2. The summed E-state index contributed by atoms with van der Waals surface area (Å²) in [7, 11) is 1.51. The van der Waals surface area contributed by atoms with Crippen LogP contribution in [0.3, 0.4) is 0 Å². The van der Waals surface area contributed by atoms with Gasteiger partial charge >= 0.3 is 0 Å². The average Bonchev–Trinajstić information content (AvgIpc) is 2.41. The molecule has 0 aliphatic carbocycles. The quantitative estimate of drug-likeness (QED) is 0.734. The standard InChI is InChI=1S/C15H15ClINO2/c1-9-5-12(17)3-4-13(9)18-8-10-6-11(16)7-14(20-2)15(10)19/h3-7,18-19H,8H2,1-2H3. The second-order valence-electron chi connectivity index (χ2n) is 4.43. The van der Waals surface area contributed by atoms with Gasteiger partial charge in [-0.2, -0.15) is 0 Å². The normalized spacial score (nSPS) is 10.4. The number of phenols is 1. The topological polar surface area (TPSA) is 41.5 Å². The van der Waals surface area contributed by atoms with Crippen LogP contribution in [0.5, 0.6) is 11.5 Å². The molecule has 2 rings (SSSR count). The fourth-order valence-electron chi connectivity index (χ4n) is 1.93. The number of methoxy groups -OCH3 is 1. The average molecular weight is 404 g/mol. The molecule has 0 spiro atoms. The molecule has 0 saturated carbocycles. The fraction of sp³-hybridized carbons (Fsp3) is 0.200. The zero-order chi connectivity index (χ0) is 14.7. The van der Waals surface area contributed by atoms with E-state index in [4.69, 9.17) is 16.3 Å². The Morgan fingerprint density at radius 3 is 2.70 bits per heavy atom. The van der Waals surface area contributed by atoms with Crippen LogP contribution in [-0.4, -0.2) is 12.2 Å². The number of benzene rings is 2. The van der Waals surface area contributed by atoms with Crippen LogP contribution < -0.4 is 10.1 Å². The molecule has 0 heterocycles. The van der Waals surface area contributed by atoms with Crippen molar-refractivity contribution in [3.63, 3.8) is 0 Å². The largest absolute Gasteiger partial charge is 0.504 e. The molecule has 0 atom stereocenters. The number of aromatic hydroxyl groups is 1. The van der Waals surface area contributed by atoms with Gasteiger partial charge in [0.2, 0.25) is 0 Å². The number of rotatable bonds is 4. The summed E-state index contributed by atoms with van der Waals surface area (Å²) in [6.07, 6.45) is 0. The van der Waals surface area contributed by atoms with Crippen LogP contribution in [0.25, 0.3) is 0 Å². The maximum absolute atomic E-state index is 10.1. The van der Waals surface area contributed by atoms with E-state index < -0.39 is 0 Å². The number of halogens is 2. The number of phenolic OH excluding ortho intramolecular Hbond substituents is 1. The van der Waals surface area contributed by atoms with Crippen molar-refractivity contribution in [3.05, 3.63) is 50.1 Å². The van der Waals surface area contributed by atoms with Crippen LogP contribution >= 0.6 is 34.2 Å². The van der Waals surface area contributed by atoms with Gasteiger partial charge in [0.05, 0.1) is 7.11 Å². The molecule has 2 N–H and O–H groups in total. The summed E-state index contributed by atoms with van der Waals surface area (Å²) in [5.41, 5.74) is 2.89. The van der Waals surface area contributed by atoms with Gasteiger partial charge in [0.15, 0.2) is 11.5 Å². The van der Waals surface area contributed by atoms with E-state index in [1.807, 2.05) is 19.1 Å². The van der Waals surface area contributed by atoms with Gasteiger partial charge in [-0.1, -0.05) is 11.6 Å². The van der Waals surface area contributed by atoms with E-state index in [-0.39, 0.29) is 5.75 Å². The van der Waals surface area contributed by atoms with Crippen molar-refractivity contribution in [2.75, 3.05) is 12.4 Å². The van der Waals surface area contributed by atoms with Crippen molar-refractivity contribution in [2.45, 2.75) is 13.5 Å². The van der Waals surface area contributed by atoms with Gasteiger partial charge in [-0.05, 0) is 59.3 Å². The molecule has 0 aromatic heterocycles.